The van der Waals surface area contributed by atoms with E-state index in [1.807, 2.05) is 6.07 Å². The number of ether oxygens (including phenoxy) is 1. The van der Waals surface area contributed by atoms with Crippen molar-refractivity contribution in [2.45, 2.75) is 6.92 Å². The van der Waals surface area contributed by atoms with Crippen molar-refractivity contribution in [1.82, 2.24) is 15.0 Å². The Morgan fingerprint density at radius 2 is 2.32 bits per heavy atom. The lowest BCUT2D eigenvalue weighted by Crippen LogP contribution is -2.04. The number of carbonyl (C=O) groups excluding carboxylic acids is 1. The number of aromatic amines is 1. The second-order valence-electron chi connectivity index (χ2n) is 3.99. The van der Waals surface area contributed by atoms with Gasteiger partial charge in [0.1, 0.15) is 5.69 Å². The molecule has 0 aliphatic rings. The Balaban J connectivity index is 2.29. The molecule has 0 amide bonds. The van der Waals surface area contributed by atoms with Crippen molar-refractivity contribution in [2.24, 2.45) is 0 Å². The van der Waals surface area contributed by atoms with Gasteiger partial charge in [-0.2, -0.15) is 0 Å². The number of esters is 1. The van der Waals surface area contributed by atoms with Gasteiger partial charge in [-0.3, -0.25) is 4.98 Å². The molecular formula is C13H10ClN3O2. The molecule has 96 valence electrons. The van der Waals surface area contributed by atoms with Crippen LogP contribution in [0.5, 0.6) is 0 Å². The van der Waals surface area contributed by atoms with Crippen molar-refractivity contribution >= 4 is 39.4 Å². The Kier molecular flexibility index (Phi) is 2.83. The maximum absolute atomic E-state index is 11.7. The number of H-pyrrole nitrogens is 1. The van der Waals surface area contributed by atoms with Gasteiger partial charge in [0.05, 0.1) is 23.8 Å². The van der Waals surface area contributed by atoms with E-state index < -0.39 is 5.97 Å². The summed E-state index contributed by atoms with van der Waals surface area (Å²) < 4.78 is 4.96. The van der Waals surface area contributed by atoms with E-state index >= 15 is 0 Å². The maximum Gasteiger partial charge on any atom is 0.354 e. The van der Waals surface area contributed by atoms with Crippen molar-refractivity contribution < 1.29 is 9.53 Å². The summed E-state index contributed by atoms with van der Waals surface area (Å²) in [6.07, 6.45) is 3.31. The number of pyridine rings is 2. The van der Waals surface area contributed by atoms with E-state index in [0.717, 1.165) is 10.8 Å². The number of rotatable bonds is 2. The highest BCUT2D eigenvalue weighted by molar-refractivity contribution is 6.35. The second-order valence-corrected chi connectivity index (χ2v) is 4.35. The fourth-order valence-electron chi connectivity index (χ4n) is 2.01. The van der Waals surface area contributed by atoms with Crippen LogP contribution >= 0.6 is 11.6 Å². The first kappa shape index (κ1) is 11.9. The molecule has 6 heteroatoms. The van der Waals surface area contributed by atoms with Gasteiger partial charge in [-0.05, 0) is 19.1 Å². The number of nitrogens with zero attached hydrogens (tertiary/aromatic N) is 2. The highest BCUT2D eigenvalue weighted by Crippen LogP contribution is 2.29. The molecule has 0 aliphatic carbocycles. The number of halogens is 1. The average Bonchev–Trinajstić information content (AvgIpc) is 2.85. The van der Waals surface area contributed by atoms with Crippen LogP contribution in [0, 0.1) is 0 Å². The molecule has 0 saturated heterocycles. The van der Waals surface area contributed by atoms with Crippen molar-refractivity contribution in [3.63, 3.8) is 0 Å². The van der Waals surface area contributed by atoms with E-state index in [0.29, 0.717) is 28.5 Å². The van der Waals surface area contributed by atoms with Crippen LogP contribution in [-0.4, -0.2) is 27.5 Å². The van der Waals surface area contributed by atoms with E-state index in [1.54, 1.807) is 25.4 Å². The van der Waals surface area contributed by atoms with Gasteiger partial charge in [-0.15, -0.1) is 0 Å². The summed E-state index contributed by atoms with van der Waals surface area (Å²) in [6.45, 7) is 2.08. The molecule has 0 unspecified atom stereocenters. The molecule has 0 radical (unpaired) electrons. The molecule has 3 aromatic rings. The molecule has 0 fully saturated rings. The minimum Gasteiger partial charge on any atom is -0.461 e. The number of hydrogen-bond acceptors (Lipinski definition) is 4. The van der Waals surface area contributed by atoms with Gasteiger partial charge >= 0.3 is 5.97 Å². The first-order chi connectivity index (χ1) is 9.20. The van der Waals surface area contributed by atoms with Gasteiger partial charge in [0.2, 0.25) is 0 Å². The molecule has 0 spiro atoms. The summed E-state index contributed by atoms with van der Waals surface area (Å²) in [5, 5.41) is 2.03. The van der Waals surface area contributed by atoms with E-state index in [2.05, 4.69) is 15.0 Å². The van der Waals surface area contributed by atoms with Crippen LogP contribution in [-0.2, 0) is 4.74 Å². The number of nitrogens with one attached hydrogen (secondary N) is 1. The minimum absolute atomic E-state index is 0.311. The fraction of sp³-hybridized carbons (Fsp3) is 0.154. The van der Waals surface area contributed by atoms with Crippen molar-refractivity contribution in [3.05, 3.63) is 35.4 Å². The normalized spacial score (nSPS) is 11.1. The summed E-state index contributed by atoms with van der Waals surface area (Å²) in [5.41, 5.74) is 1.68. The number of fused-ring (bicyclic) bond motifs is 3. The molecule has 0 aromatic carbocycles. The first-order valence-corrected chi connectivity index (χ1v) is 6.17. The molecule has 1 N–H and O–H groups in total. The van der Waals surface area contributed by atoms with E-state index in [4.69, 9.17) is 16.3 Å². The van der Waals surface area contributed by atoms with Gasteiger partial charge < -0.3 is 9.72 Å². The quantitative estimate of drug-likeness (QED) is 0.577. The van der Waals surface area contributed by atoms with Crippen LogP contribution in [0.3, 0.4) is 0 Å². The van der Waals surface area contributed by atoms with Crippen LogP contribution in [0.25, 0.3) is 21.8 Å². The summed E-state index contributed by atoms with van der Waals surface area (Å²) in [6, 6.07) is 3.56. The number of hydrogen-bond donors (Lipinski definition) is 1. The zero-order valence-corrected chi connectivity index (χ0v) is 10.9. The fourth-order valence-corrected chi connectivity index (χ4v) is 2.25. The predicted molar refractivity (Wildman–Crippen MR) is 72.4 cm³/mol. The molecule has 3 aromatic heterocycles. The highest BCUT2D eigenvalue weighted by Gasteiger charge is 2.15. The number of carbonyl (C=O) groups is 1. The Morgan fingerprint density at radius 3 is 3.11 bits per heavy atom. The average molecular weight is 276 g/mol. The number of aromatic nitrogens is 3. The minimum atomic E-state index is -0.406. The maximum atomic E-state index is 11.7. The lowest BCUT2D eigenvalue weighted by Gasteiger charge is -1.99. The lowest BCUT2D eigenvalue weighted by molar-refractivity contribution is 0.0520. The van der Waals surface area contributed by atoms with E-state index in [9.17, 15) is 4.79 Å². The highest BCUT2D eigenvalue weighted by atomic mass is 35.5. The Hall–Kier alpha value is -2.14. The van der Waals surface area contributed by atoms with Crippen molar-refractivity contribution in [2.75, 3.05) is 6.61 Å². The van der Waals surface area contributed by atoms with E-state index in [-0.39, 0.29) is 0 Å². The largest absolute Gasteiger partial charge is 0.461 e. The lowest BCUT2D eigenvalue weighted by atomic mass is 10.2. The third-order valence-corrected chi connectivity index (χ3v) is 3.10. The summed E-state index contributed by atoms with van der Waals surface area (Å²) in [5.74, 6) is -0.406. The topological polar surface area (TPSA) is 67.9 Å². The van der Waals surface area contributed by atoms with Gasteiger partial charge in [0, 0.05) is 17.0 Å². The first-order valence-electron chi connectivity index (χ1n) is 5.79. The van der Waals surface area contributed by atoms with Gasteiger partial charge in [-0.1, -0.05) is 11.6 Å². The molecular weight excluding hydrogens is 266 g/mol. The Morgan fingerprint density at radius 1 is 1.47 bits per heavy atom. The monoisotopic (exact) mass is 275 g/mol. The Bertz CT molecular complexity index is 782. The zero-order chi connectivity index (χ0) is 13.4. The molecule has 3 rings (SSSR count). The predicted octanol–water partition coefficient (Wildman–Crippen LogP) is 2.94. The second kappa shape index (κ2) is 4.51. The van der Waals surface area contributed by atoms with Crippen molar-refractivity contribution in [1.29, 1.82) is 0 Å². The van der Waals surface area contributed by atoms with Gasteiger partial charge in [0.25, 0.3) is 0 Å². The van der Waals surface area contributed by atoms with E-state index in [1.165, 1.54) is 0 Å². The molecule has 3 heterocycles. The summed E-state index contributed by atoms with van der Waals surface area (Å²) >= 11 is 6.11. The third-order valence-electron chi connectivity index (χ3n) is 2.83. The molecule has 19 heavy (non-hydrogen) atoms. The summed E-state index contributed by atoms with van der Waals surface area (Å²) in [4.78, 5) is 22.9. The molecule has 0 aliphatic heterocycles. The smallest absolute Gasteiger partial charge is 0.354 e. The molecule has 5 nitrogen and oxygen atoms in total. The van der Waals surface area contributed by atoms with Crippen molar-refractivity contribution in [3.8, 4) is 0 Å². The van der Waals surface area contributed by atoms with Crippen LogP contribution < -0.4 is 0 Å². The van der Waals surface area contributed by atoms with Gasteiger partial charge in [-0.25, -0.2) is 9.78 Å². The van der Waals surface area contributed by atoms with Crippen LogP contribution in [0.1, 0.15) is 17.4 Å². The van der Waals surface area contributed by atoms with Crippen LogP contribution in [0.4, 0.5) is 0 Å². The third kappa shape index (κ3) is 1.92. The molecule has 0 saturated carbocycles. The molecule has 0 atom stereocenters. The Labute approximate surface area is 113 Å². The molecule has 0 bridgehead atoms. The SMILES string of the molecule is CCOC(=O)c1cc2c([nH]1)c(Cl)nc1cnccc12. The summed E-state index contributed by atoms with van der Waals surface area (Å²) in [7, 11) is 0. The van der Waals surface area contributed by atoms with Gasteiger partial charge in [0.15, 0.2) is 5.15 Å². The standard InChI is InChI=1S/C13H10ClN3O2/c1-2-19-13(18)9-5-8-7-3-4-15-6-10(7)17-12(14)11(8)16-9/h3-6,16H,2H2,1H3. The van der Waals surface area contributed by atoms with Crippen LogP contribution in [0.15, 0.2) is 24.5 Å². The van der Waals surface area contributed by atoms with Crippen LogP contribution in [0.2, 0.25) is 5.15 Å². The zero-order valence-electron chi connectivity index (χ0n) is 10.1.